The largest absolute Gasteiger partial charge is 0.313 e. The molecule has 1 heterocycles. The molecule has 0 fully saturated rings. The number of aryl methyl sites for hydroxylation is 1. The fourth-order valence-electron chi connectivity index (χ4n) is 2.12. The normalized spacial score (nSPS) is 12.5. The molecule has 0 aliphatic carbocycles. The van der Waals surface area contributed by atoms with Crippen LogP contribution in [0.25, 0.3) is 0 Å². The number of nitrogens with one attached hydrogen (secondary N) is 1. The van der Waals surface area contributed by atoms with Gasteiger partial charge in [-0.15, -0.1) is 11.8 Å². The van der Waals surface area contributed by atoms with E-state index in [0.717, 1.165) is 35.7 Å². The molecule has 1 aromatic heterocycles. The minimum Gasteiger partial charge on any atom is -0.313 e. The first-order valence-electron chi connectivity index (χ1n) is 7.27. The molecule has 0 aliphatic heterocycles. The van der Waals surface area contributed by atoms with Gasteiger partial charge in [0, 0.05) is 36.4 Å². The summed E-state index contributed by atoms with van der Waals surface area (Å²) in [5.41, 5.74) is 1.09. The maximum atomic E-state index is 13.2. The zero-order valence-corrected chi connectivity index (χ0v) is 13.4. The molecule has 3 nitrogen and oxygen atoms in total. The van der Waals surface area contributed by atoms with Gasteiger partial charge in [-0.25, -0.2) is 4.39 Å². The van der Waals surface area contributed by atoms with Crippen LogP contribution in [0.15, 0.2) is 41.4 Å². The molecular formula is C16H22FN3S. The van der Waals surface area contributed by atoms with Gasteiger partial charge in [-0.3, -0.25) is 4.68 Å². The molecule has 1 aromatic carbocycles. The molecule has 1 unspecified atom stereocenters. The van der Waals surface area contributed by atoms with Gasteiger partial charge < -0.3 is 5.32 Å². The molecule has 2 rings (SSSR count). The van der Waals surface area contributed by atoms with Crippen LogP contribution in [-0.4, -0.2) is 28.1 Å². The standard InChI is InChI=1S/C16H22FN3S/c1-3-8-18-15(11-14-7-9-20(2)19-14)12-21-16-6-4-5-13(17)10-16/h4-7,9-10,15,18H,3,8,11-12H2,1-2H3. The zero-order valence-electron chi connectivity index (χ0n) is 12.6. The highest BCUT2D eigenvalue weighted by atomic mass is 32.2. The molecule has 114 valence electrons. The number of thioether (sulfide) groups is 1. The number of hydrogen-bond donors (Lipinski definition) is 1. The number of nitrogens with zero attached hydrogens (tertiary/aromatic N) is 2. The highest BCUT2D eigenvalue weighted by Gasteiger charge is 2.11. The first kappa shape index (κ1) is 16.0. The summed E-state index contributed by atoms with van der Waals surface area (Å²) in [5.74, 6) is 0.725. The van der Waals surface area contributed by atoms with Crippen LogP contribution >= 0.6 is 11.8 Å². The van der Waals surface area contributed by atoms with Crippen molar-refractivity contribution in [3.63, 3.8) is 0 Å². The molecular weight excluding hydrogens is 285 g/mol. The Morgan fingerprint density at radius 3 is 2.90 bits per heavy atom. The number of halogens is 1. The second-order valence-corrected chi connectivity index (χ2v) is 6.20. The number of hydrogen-bond acceptors (Lipinski definition) is 3. The molecule has 21 heavy (non-hydrogen) atoms. The van der Waals surface area contributed by atoms with Crippen LogP contribution in [0.5, 0.6) is 0 Å². The summed E-state index contributed by atoms with van der Waals surface area (Å²) in [7, 11) is 1.93. The SMILES string of the molecule is CCCNC(CSc1cccc(F)c1)Cc1ccn(C)n1. The molecule has 1 atom stereocenters. The van der Waals surface area contributed by atoms with Crippen LogP contribution in [0, 0.1) is 5.82 Å². The topological polar surface area (TPSA) is 29.9 Å². The van der Waals surface area contributed by atoms with Gasteiger partial charge in [0.1, 0.15) is 5.82 Å². The predicted molar refractivity (Wildman–Crippen MR) is 86.1 cm³/mol. The van der Waals surface area contributed by atoms with Crippen molar-refractivity contribution in [2.24, 2.45) is 7.05 Å². The van der Waals surface area contributed by atoms with Crippen LogP contribution in [0.2, 0.25) is 0 Å². The van der Waals surface area contributed by atoms with E-state index in [9.17, 15) is 4.39 Å². The lowest BCUT2D eigenvalue weighted by atomic mass is 10.2. The molecule has 0 spiro atoms. The Morgan fingerprint density at radius 2 is 2.24 bits per heavy atom. The lowest BCUT2D eigenvalue weighted by Gasteiger charge is -2.17. The highest BCUT2D eigenvalue weighted by molar-refractivity contribution is 7.99. The Balaban J connectivity index is 1.92. The molecule has 2 aromatic rings. The average Bonchev–Trinajstić information content (AvgIpc) is 2.87. The third-order valence-electron chi connectivity index (χ3n) is 3.15. The van der Waals surface area contributed by atoms with Gasteiger partial charge in [0.25, 0.3) is 0 Å². The van der Waals surface area contributed by atoms with Gasteiger partial charge in [0.05, 0.1) is 5.69 Å². The van der Waals surface area contributed by atoms with Gasteiger partial charge >= 0.3 is 0 Å². The van der Waals surface area contributed by atoms with Crippen molar-refractivity contribution in [2.75, 3.05) is 12.3 Å². The highest BCUT2D eigenvalue weighted by Crippen LogP contribution is 2.20. The molecule has 1 N–H and O–H groups in total. The average molecular weight is 307 g/mol. The smallest absolute Gasteiger partial charge is 0.124 e. The summed E-state index contributed by atoms with van der Waals surface area (Å²) in [6.45, 7) is 3.14. The minimum atomic E-state index is -0.178. The Kier molecular flexibility index (Phi) is 6.26. The molecule has 0 saturated carbocycles. The number of aromatic nitrogens is 2. The van der Waals surface area contributed by atoms with E-state index >= 15 is 0 Å². The van der Waals surface area contributed by atoms with Crippen molar-refractivity contribution in [2.45, 2.75) is 30.7 Å². The van der Waals surface area contributed by atoms with Gasteiger partial charge in [0.15, 0.2) is 0 Å². The molecule has 0 radical (unpaired) electrons. The predicted octanol–water partition coefficient (Wildman–Crippen LogP) is 3.26. The Labute approximate surface area is 129 Å². The first-order chi connectivity index (χ1) is 10.2. The molecule has 0 saturated heterocycles. The van der Waals surface area contributed by atoms with Crippen molar-refractivity contribution >= 4 is 11.8 Å². The summed E-state index contributed by atoms with van der Waals surface area (Å²) >= 11 is 1.68. The Bertz CT molecular complexity index is 556. The molecule has 0 aliphatic rings. The fourth-order valence-corrected chi connectivity index (χ4v) is 3.12. The number of rotatable bonds is 8. The van der Waals surface area contributed by atoms with E-state index in [1.807, 2.05) is 30.1 Å². The minimum absolute atomic E-state index is 0.178. The van der Waals surface area contributed by atoms with Crippen molar-refractivity contribution in [3.05, 3.63) is 48.0 Å². The van der Waals surface area contributed by atoms with Gasteiger partial charge in [-0.2, -0.15) is 5.10 Å². The van der Waals surface area contributed by atoms with Crippen LogP contribution in [0.3, 0.4) is 0 Å². The van der Waals surface area contributed by atoms with E-state index in [1.54, 1.807) is 23.9 Å². The maximum Gasteiger partial charge on any atom is 0.124 e. The zero-order chi connectivity index (χ0) is 15.1. The van der Waals surface area contributed by atoms with E-state index in [2.05, 4.69) is 17.3 Å². The second kappa shape index (κ2) is 8.20. The molecule has 5 heteroatoms. The van der Waals surface area contributed by atoms with E-state index < -0.39 is 0 Å². The van der Waals surface area contributed by atoms with E-state index in [0.29, 0.717) is 6.04 Å². The van der Waals surface area contributed by atoms with Crippen molar-refractivity contribution in [1.29, 1.82) is 0 Å². The second-order valence-electron chi connectivity index (χ2n) is 5.10. The number of benzene rings is 1. The van der Waals surface area contributed by atoms with E-state index in [-0.39, 0.29) is 5.82 Å². The lowest BCUT2D eigenvalue weighted by molar-refractivity contribution is 0.541. The van der Waals surface area contributed by atoms with Gasteiger partial charge in [-0.05, 0) is 37.2 Å². The summed E-state index contributed by atoms with van der Waals surface area (Å²) in [5, 5.41) is 7.98. The first-order valence-corrected chi connectivity index (χ1v) is 8.26. The summed E-state index contributed by atoms with van der Waals surface area (Å²) in [6, 6.07) is 9.16. The monoisotopic (exact) mass is 307 g/mol. The molecule has 0 bridgehead atoms. The lowest BCUT2D eigenvalue weighted by Crippen LogP contribution is -2.34. The van der Waals surface area contributed by atoms with Crippen molar-refractivity contribution in [3.8, 4) is 0 Å². The maximum absolute atomic E-state index is 13.2. The van der Waals surface area contributed by atoms with Gasteiger partial charge in [-0.1, -0.05) is 13.0 Å². The third kappa shape index (κ3) is 5.52. The molecule has 0 amide bonds. The van der Waals surface area contributed by atoms with Crippen LogP contribution < -0.4 is 5.32 Å². The summed E-state index contributed by atoms with van der Waals surface area (Å²) in [4.78, 5) is 0.972. The van der Waals surface area contributed by atoms with Crippen LogP contribution in [0.4, 0.5) is 4.39 Å². The van der Waals surface area contributed by atoms with Crippen LogP contribution in [0.1, 0.15) is 19.0 Å². The fraction of sp³-hybridized carbons (Fsp3) is 0.438. The van der Waals surface area contributed by atoms with Crippen LogP contribution in [-0.2, 0) is 13.5 Å². The summed E-state index contributed by atoms with van der Waals surface area (Å²) in [6.07, 6.45) is 3.96. The Morgan fingerprint density at radius 1 is 1.38 bits per heavy atom. The quantitative estimate of drug-likeness (QED) is 0.759. The summed E-state index contributed by atoms with van der Waals surface area (Å²) < 4.78 is 15.0. The third-order valence-corrected chi connectivity index (χ3v) is 4.31. The van der Waals surface area contributed by atoms with E-state index in [1.165, 1.54) is 6.07 Å². The van der Waals surface area contributed by atoms with Crippen molar-refractivity contribution < 1.29 is 4.39 Å². The van der Waals surface area contributed by atoms with Crippen molar-refractivity contribution in [1.82, 2.24) is 15.1 Å². The Hall–Kier alpha value is -1.33. The van der Waals surface area contributed by atoms with E-state index in [4.69, 9.17) is 0 Å². The van der Waals surface area contributed by atoms with Gasteiger partial charge in [0.2, 0.25) is 0 Å².